The quantitative estimate of drug-likeness (QED) is 0.212. The fourth-order valence-corrected chi connectivity index (χ4v) is 1.31. The van der Waals surface area contributed by atoms with E-state index in [1.54, 1.807) is 18.9 Å². The summed E-state index contributed by atoms with van der Waals surface area (Å²) in [6.45, 7) is 2.17. The topological polar surface area (TPSA) is 62.9 Å². The molecule has 0 amide bonds. The third-order valence-electron chi connectivity index (χ3n) is 1.68. The van der Waals surface area contributed by atoms with Gasteiger partial charge in [-0.15, -0.1) is 0 Å². The molecule has 6 heteroatoms. The molecule has 0 atom stereocenters. The van der Waals surface area contributed by atoms with Gasteiger partial charge in [-0.05, 0) is 6.26 Å². The van der Waals surface area contributed by atoms with Gasteiger partial charge in [0.2, 0.25) is 5.96 Å². The molecule has 0 saturated carbocycles. The van der Waals surface area contributed by atoms with Gasteiger partial charge in [0.15, 0.2) is 0 Å². The second kappa shape index (κ2) is 9.11. The van der Waals surface area contributed by atoms with Gasteiger partial charge in [-0.1, -0.05) is 0 Å². The fraction of sp³-hybridized carbons (Fsp3) is 0.875. The normalized spacial score (nSPS) is 11.6. The summed E-state index contributed by atoms with van der Waals surface area (Å²) in [6, 6.07) is 0. The van der Waals surface area contributed by atoms with Crippen molar-refractivity contribution in [3.8, 4) is 0 Å². The van der Waals surface area contributed by atoms with Gasteiger partial charge >= 0.3 is 0 Å². The smallest absolute Gasteiger partial charge is 0.208 e. The molecule has 0 aliphatic heterocycles. The highest BCUT2D eigenvalue weighted by Crippen LogP contribution is 1.93. The van der Waals surface area contributed by atoms with Crippen molar-refractivity contribution >= 4 is 17.7 Å². The minimum absolute atomic E-state index is 0.613. The maximum atomic E-state index is 5.36. The maximum Gasteiger partial charge on any atom is 0.208 e. The number of thioether (sulfide) groups is 1. The van der Waals surface area contributed by atoms with Gasteiger partial charge in [0.25, 0.3) is 0 Å². The number of nitrogens with zero attached hydrogens (tertiary/aromatic N) is 2. The zero-order valence-corrected chi connectivity index (χ0v) is 9.93. The zero-order valence-electron chi connectivity index (χ0n) is 9.12. The number of hydrogen-bond donors (Lipinski definition) is 2. The lowest BCUT2D eigenvalue weighted by Gasteiger charge is -2.19. The first-order valence-electron chi connectivity index (χ1n) is 4.46. The number of nitrogens with one attached hydrogen (secondary N) is 1. The number of methoxy groups -OCH3 is 1. The molecule has 0 rings (SSSR count). The van der Waals surface area contributed by atoms with E-state index in [2.05, 4.69) is 16.7 Å². The summed E-state index contributed by atoms with van der Waals surface area (Å²) in [6.07, 6.45) is 2.07. The molecule has 84 valence electrons. The van der Waals surface area contributed by atoms with Crippen LogP contribution in [0.4, 0.5) is 0 Å². The Labute approximate surface area is 90.0 Å². The standard InChI is InChI=1S/C8H20N4OS/c1-12(5-7-14-3)8(11-9)10-4-6-13-2/h4-7,9H2,1-3H3,(H,10,11). The second-order valence-electron chi connectivity index (χ2n) is 2.76. The number of hydrazine groups is 1. The van der Waals surface area contributed by atoms with Crippen LogP contribution in [0.25, 0.3) is 0 Å². The van der Waals surface area contributed by atoms with E-state index in [0.717, 1.165) is 12.3 Å². The van der Waals surface area contributed by atoms with Crippen LogP contribution in [0.15, 0.2) is 4.99 Å². The highest BCUT2D eigenvalue weighted by Gasteiger charge is 2.02. The van der Waals surface area contributed by atoms with Crippen LogP contribution in [0, 0.1) is 0 Å². The van der Waals surface area contributed by atoms with Crippen molar-refractivity contribution in [2.45, 2.75) is 0 Å². The molecule has 0 aromatic heterocycles. The summed E-state index contributed by atoms with van der Waals surface area (Å²) in [5, 5.41) is 0. The lowest BCUT2D eigenvalue weighted by Crippen LogP contribution is -2.43. The van der Waals surface area contributed by atoms with Gasteiger partial charge < -0.3 is 9.64 Å². The van der Waals surface area contributed by atoms with Crippen molar-refractivity contribution in [3.63, 3.8) is 0 Å². The lowest BCUT2D eigenvalue weighted by atomic mass is 10.6. The zero-order chi connectivity index (χ0) is 10.8. The van der Waals surface area contributed by atoms with Gasteiger partial charge in [-0.3, -0.25) is 5.43 Å². The summed E-state index contributed by atoms with van der Waals surface area (Å²) in [5.41, 5.74) is 2.58. The van der Waals surface area contributed by atoms with Crippen molar-refractivity contribution in [2.24, 2.45) is 10.8 Å². The number of nitrogens with two attached hydrogens (primary N) is 1. The van der Waals surface area contributed by atoms with Gasteiger partial charge in [-0.2, -0.15) is 11.8 Å². The monoisotopic (exact) mass is 220 g/mol. The third kappa shape index (κ3) is 6.06. The molecular weight excluding hydrogens is 200 g/mol. The van der Waals surface area contributed by atoms with Crippen molar-refractivity contribution in [3.05, 3.63) is 0 Å². The van der Waals surface area contributed by atoms with Crippen LogP contribution in [0.1, 0.15) is 0 Å². The first kappa shape index (κ1) is 13.5. The summed E-state index contributed by atoms with van der Waals surface area (Å²) >= 11 is 1.80. The van der Waals surface area contributed by atoms with Crippen LogP contribution in [-0.2, 0) is 4.74 Å². The summed E-state index contributed by atoms with van der Waals surface area (Å²) in [4.78, 5) is 6.25. The average Bonchev–Trinajstić information content (AvgIpc) is 2.21. The van der Waals surface area contributed by atoms with E-state index >= 15 is 0 Å². The maximum absolute atomic E-state index is 5.36. The predicted molar refractivity (Wildman–Crippen MR) is 62.5 cm³/mol. The van der Waals surface area contributed by atoms with Crippen LogP contribution in [0.5, 0.6) is 0 Å². The Morgan fingerprint density at radius 3 is 2.86 bits per heavy atom. The van der Waals surface area contributed by atoms with Crippen molar-refractivity contribution < 1.29 is 4.74 Å². The van der Waals surface area contributed by atoms with Crippen LogP contribution in [0.2, 0.25) is 0 Å². The van der Waals surface area contributed by atoms with E-state index in [0.29, 0.717) is 19.1 Å². The van der Waals surface area contributed by atoms with Crippen molar-refractivity contribution in [2.75, 3.05) is 45.9 Å². The molecule has 0 saturated heterocycles. The highest BCUT2D eigenvalue weighted by molar-refractivity contribution is 7.98. The summed E-state index contributed by atoms with van der Waals surface area (Å²) in [5.74, 6) is 7.12. The molecule has 0 aliphatic rings. The van der Waals surface area contributed by atoms with Crippen LogP contribution >= 0.6 is 11.8 Å². The van der Waals surface area contributed by atoms with Gasteiger partial charge in [0, 0.05) is 26.5 Å². The fourth-order valence-electron chi connectivity index (χ4n) is 0.853. The van der Waals surface area contributed by atoms with Crippen molar-refractivity contribution in [1.29, 1.82) is 0 Å². The molecule has 0 aromatic carbocycles. The Kier molecular flexibility index (Phi) is 8.81. The molecule has 5 nitrogen and oxygen atoms in total. The Morgan fingerprint density at radius 1 is 1.64 bits per heavy atom. The van der Waals surface area contributed by atoms with Gasteiger partial charge in [-0.25, -0.2) is 10.8 Å². The van der Waals surface area contributed by atoms with E-state index < -0.39 is 0 Å². The van der Waals surface area contributed by atoms with E-state index in [1.165, 1.54) is 0 Å². The molecule has 0 aliphatic carbocycles. The van der Waals surface area contributed by atoms with Gasteiger partial charge in [0.1, 0.15) is 0 Å². The largest absolute Gasteiger partial charge is 0.383 e. The molecule has 0 aromatic rings. The Hall–Kier alpha value is -0.460. The molecule has 0 heterocycles. The Balaban J connectivity index is 3.90. The molecule has 0 spiro atoms. The number of guanidine groups is 1. The molecule has 3 N–H and O–H groups in total. The van der Waals surface area contributed by atoms with E-state index in [-0.39, 0.29) is 0 Å². The van der Waals surface area contributed by atoms with Gasteiger partial charge in [0.05, 0.1) is 13.2 Å². The third-order valence-corrected chi connectivity index (χ3v) is 2.27. The Morgan fingerprint density at radius 2 is 2.36 bits per heavy atom. The number of ether oxygens (including phenoxy) is 1. The van der Waals surface area contributed by atoms with E-state index in [1.807, 2.05) is 11.9 Å². The van der Waals surface area contributed by atoms with E-state index in [9.17, 15) is 0 Å². The average molecular weight is 220 g/mol. The number of hydrogen-bond acceptors (Lipinski definition) is 4. The van der Waals surface area contributed by atoms with E-state index in [4.69, 9.17) is 10.6 Å². The first-order valence-corrected chi connectivity index (χ1v) is 5.85. The molecular formula is C8H20N4OS. The van der Waals surface area contributed by atoms with Crippen LogP contribution < -0.4 is 11.3 Å². The van der Waals surface area contributed by atoms with Crippen LogP contribution in [-0.4, -0.2) is 56.7 Å². The molecule has 0 radical (unpaired) electrons. The second-order valence-corrected chi connectivity index (χ2v) is 3.74. The molecule has 0 bridgehead atoms. The molecule has 0 unspecified atom stereocenters. The summed E-state index contributed by atoms with van der Waals surface area (Å²) < 4.78 is 4.90. The molecule has 14 heavy (non-hydrogen) atoms. The SMILES string of the molecule is COCCN=C(NN)N(C)CCSC. The predicted octanol–water partition coefficient (Wildman–Crippen LogP) is -0.253. The lowest BCUT2D eigenvalue weighted by molar-refractivity contribution is 0.207. The minimum atomic E-state index is 0.613. The number of aliphatic imine (C=N–C) groups is 1. The highest BCUT2D eigenvalue weighted by atomic mass is 32.2. The van der Waals surface area contributed by atoms with Crippen molar-refractivity contribution in [1.82, 2.24) is 10.3 Å². The number of rotatable bonds is 6. The Bertz CT molecular complexity index is 165. The molecule has 0 fully saturated rings. The first-order chi connectivity index (χ1) is 6.76. The minimum Gasteiger partial charge on any atom is -0.383 e. The summed E-state index contributed by atoms with van der Waals surface area (Å²) in [7, 11) is 3.62. The van der Waals surface area contributed by atoms with Crippen LogP contribution in [0.3, 0.4) is 0 Å².